The van der Waals surface area contributed by atoms with Crippen molar-refractivity contribution in [1.29, 1.82) is 0 Å². The molecule has 0 fully saturated rings. The van der Waals surface area contributed by atoms with Crippen LogP contribution in [0.5, 0.6) is 0 Å². The van der Waals surface area contributed by atoms with Crippen molar-refractivity contribution in [1.82, 2.24) is 0 Å². The molecule has 3 nitrogen and oxygen atoms in total. The molecule has 2 aromatic rings. The van der Waals surface area contributed by atoms with E-state index in [1.807, 2.05) is 31.2 Å². The number of anilines is 2. The molecule has 22 heavy (non-hydrogen) atoms. The largest absolute Gasteiger partial charge is 0.371 e. The van der Waals surface area contributed by atoms with Gasteiger partial charge in [0.2, 0.25) is 0 Å². The Morgan fingerprint density at radius 1 is 1.14 bits per heavy atom. The Morgan fingerprint density at radius 2 is 1.95 bits per heavy atom. The summed E-state index contributed by atoms with van der Waals surface area (Å²) < 4.78 is 0. The van der Waals surface area contributed by atoms with Gasteiger partial charge in [-0.2, -0.15) is 0 Å². The molecule has 114 valence electrons. The Kier molecular flexibility index (Phi) is 3.88. The zero-order valence-corrected chi connectivity index (χ0v) is 13.4. The predicted octanol–water partition coefficient (Wildman–Crippen LogP) is 3.94. The van der Waals surface area contributed by atoms with Crippen LogP contribution in [0.2, 0.25) is 0 Å². The summed E-state index contributed by atoms with van der Waals surface area (Å²) in [5.41, 5.74) is 6.52. The van der Waals surface area contributed by atoms with E-state index >= 15 is 0 Å². The van der Waals surface area contributed by atoms with Gasteiger partial charge in [-0.15, -0.1) is 0 Å². The van der Waals surface area contributed by atoms with Gasteiger partial charge in [-0.3, -0.25) is 4.79 Å². The molecule has 0 aliphatic carbocycles. The van der Waals surface area contributed by atoms with Gasteiger partial charge in [0.1, 0.15) is 0 Å². The summed E-state index contributed by atoms with van der Waals surface area (Å²) in [6, 6.07) is 12.0. The molecule has 1 amide bonds. The van der Waals surface area contributed by atoms with Crippen molar-refractivity contribution in [3.63, 3.8) is 0 Å². The van der Waals surface area contributed by atoms with Gasteiger partial charge in [-0.25, -0.2) is 0 Å². The smallest absolute Gasteiger partial charge is 0.255 e. The van der Waals surface area contributed by atoms with Crippen LogP contribution in [-0.2, 0) is 6.42 Å². The average Bonchev–Trinajstić information content (AvgIpc) is 2.92. The van der Waals surface area contributed by atoms with Crippen molar-refractivity contribution in [3.05, 3.63) is 58.7 Å². The SMILES string of the molecule is CCN1CCc2ccc(NC(=O)c3ccc(C)c(C)c3)cc21. The maximum atomic E-state index is 12.4. The summed E-state index contributed by atoms with van der Waals surface area (Å²) in [7, 11) is 0. The topological polar surface area (TPSA) is 32.3 Å². The molecule has 1 aliphatic heterocycles. The van der Waals surface area contributed by atoms with Crippen LogP contribution in [0.4, 0.5) is 11.4 Å². The number of aryl methyl sites for hydroxylation is 2. The van der Waals surface area contributed by atoms with Crippen molar-refractivity contribution < 1.29 is 4.79 Å². The monoisotopic (exact) mass is 294 g/mol. The van der Waals surface area contributed by atoms with Crippen molar-refractivity contribution >= 4 is 17.3 Å². The number of hydrogen-bond donors (Lipinski definition) is 1. The van der Waals surface area contributed by atoms with Crippen LogP contribution in [0, 0.1) is 13.8 Å². The number of hydrogen-bond acceptors (Lipinski definition) is 2. The summed E-state index contributed by atoms with van der Waals surface area (Å²) in [5.74, 6) is -0.0518. The van der Waals surface area contributed by atoms with Gasteiger partial charge in [-0.1, -0.05) is 12.1 Å². The second-order valence-electron chi connectivity index (χ2n) is 5.93. The van der Waals surface area contributed by atoms with Crippen LogP contribution in [0.25, 0.3) is 0 Å². The van der Waals surface area contributed by atoms with E-state index in [9.17, 15) is 4.79 Å². The number of likely N-dealkylation sites (N-methyl/N-ethyl adjacent to an activating group) is 1. The van der Waals surface area contributed by atoms with Gasteiger partial charge in [0, 0.05) is 30.0 Å². The van der Waals surface area contributed by atoms with E-state index in [1.54, 1.807) is 0 Å². The quantitative estimate of drug-likeness (QED) is 0.930. The third-order valence-electron chi connectivity index (χ3n) is 4.49. The third-order valence-corrected chi connectivity index (χ3v) is 4.49. The number of amides is 1. The van der Waals surface area contributed by atoms with Gasteiger partial charge in [0.15, 0.2) is 0 Å². The molecule has 0 bridgehead atoms. The molecule has 0 saturated carbocycles. The lowest BCUT2D eigenvalue weighted by Gasteiger charge is -2.17. The molecule has 3 heteroatoms. The first-order valence-electron chi connectivity index (χ1n) is 7.85. The molecule has 1 heterocycles. The van der Waals surface area contributed by atoms with E-state index in [-0.39, 0.29) is 5.91 Å². The minimum atomic E-state index is -0.0518. The van der Waals surface area contributed by atoms with Crippen LogP contribution in [-0.4, -0.2) is 19.0 Å². The highest BCUT2D eigenvalue weighted by atomic mass is 16.1. The van der Waals surface area contributed by atoms with Crippen LogP contribution >= 0.6 is 0 Å². The first-order chi connectivity index (χ1) is 10.6. The summed E-state index contributed by atoms with van der Waals surface area (Å²) in [5, 5.41) is 3.01. The molecular formula is C19H22N2O. The second-order valence-corrected chi connectivity index (χ2v) is 5.93. The average molecular weight is 294 g/mol. The number of carbonyl (C=O) groups excluding carboxylic acids is 1. The van der Waals surface area contributed by atoms with Crippen molar-refractivity contribution in [2.45, 2.75) is 27.2 Å². The predicted molar refractivity (Wildman–Crippen MR) is 91.9 cm³/mol. The Morgan fingerprint density at radius 3 is 2.68 bits per heavy atom. The fraction of sp³-hybridized carbons (Fsp3) is 0.316. The molecule has 0 spiro atoms. The summed E-state index contributed by atoms with van der Waals surface area (Å²) in [6.07, 6.45) is 1.09. The fourth-order valence-corrected chi connectivity index (χ4v) is 2.94. The first-order valence-corrected chi connectivity index (χ1v) is 7.85. The van der Waals surface area contributed by atoms with Crippen molar-refractivity contribution in [2.24, 2.45) is 0 Å². The van der Waals surface area contributed by atoms with Crippen LogP contribution in [0.1, 0.15) is 34.0 Å². The van der Waals surface area contributed by atoms with Crippen LogP contribution in [0.15, 0.2) is 36.4 Å². The number of carbonyl (C=O) groups is 1. The third kappa shape index (κ3) is 2.71. The van der Waals surface area contributed by atoms with Gasteiger partial charge < -0.3 is 10.2 Å². The second kappa shape index (κ2) is 5.84. The summed E-state index contributed by atoms with van der Waals surface area (Å²) >= 11 is 0. The molecule has 0 radical (unpaired) electrons. The molecule has 0 saturated heterocycles. The number of rotatable bonds is 3. The minimum Gasteiger partial charge on any atom is -0.371 e. The van der Waals surface area contributed by atoms with Gasteiger partial charge >= 0.3 is 0 Å². The number of benzene rings is 2. The Labute approximate surface area is 132 Å². The normalized spacial score (nSPS) is 13.1. The fourth-order valence-electron chi connectivity index (χ4n) is 2.94. The Balaban J connectivity index is 1.81. The van der Waals surface area contributed by atoms with Crippen LogP contribution in [0.3, 0.4) is 0 Å². The molecule has 1 aliphatic rings. The van der Waals surface area contributed by atoms with E-state index in [0.717, 1.165) is 30.8 Å². The number of nitrogens with zero attached hydrogens (tertiary/aromatic N) is 1. The van der Waals surface area contributed by atoms with E-state index in [0.29, 0.717) is 5.56 Å². The number of nitrogens with one attached hydrogen (secondary N) is 1. The molecule has 3 rings (SSSR count). The number of fused-ring (bicyclic) bond motifs is 1. The lowest BCUT2D eigenvalue weighted by molar-refractivity contribution is 0.102. The highest BCUT2D eigenvalue weighted by Gasteiger charge is 2.18. The minimum absolute atomic E-state index is 0.0518. The maximum Gasteiger partial charge on any atom is 0.255 e. The van der Waals surface area contributed by atoms with Gasteiger partial charge in [0.25, 0.3) is 5.91 Å². The van der Waals surface area contributed by atoms with E-state index < -0.39 is 0 Å². The lowest BCUT2D eigenvalue weighted by Crippen LogP contribution is -2.19. The van der Waals surface area contributed by atoms with E-state index in [2.05, 4.69) is 36.2 Å². The van der Waals surface area contributed by atoms with E-state index in [4.69, 9.17) is 0 Å². The Hall–Kier alpha value is -2.29. The molecule has 0 atom stereocenters. The Bertz CT molecular complexity index is 721. The zero-order valence-electron chi connectivity index (χ0n) is 13.4. The van der Waals surface area contributed by atoms with Crippen molar-refractivity contribution in [2.75, 3.05) is 23.3 Å². The molecule has 0 unspecified atom stereocenters. The van der Waals surface area contributed by atoms with E-state index in [1.165, 1.54) is 16.8 Å². The van der Waals surface area contributed by atoms with Gasteiger partial charge in [-0.05, 0) is 68.1 Å². The highest BCUT2D eigenvalue weighted by Crippen LogP contribution is 2.30. The summed E-state index contributed by atoms with van der Waals surface area (Å²) in [6.45, 7) is 8.31. The van der Waals surface area contributed by atoms with Gasteiger partial charge in [0.05, 0.1) is 0 Å². The lowest BCUT2D eigenvalue weighted by atomic mass is 10.1. The standard InChI is InChI=1S/C19H22N2O/c1-4-21-10-9-15-7-8-17(12-18(15)21)20-19(22)16-6-5-13(2)14(3)11-16/h5-8,11-12H,4,9-10H2,1-3H3,(H,20,22). The maximum absolute atomic E-state index is 12.4. The zero-order chi connectivity index (χ0) is 15.7. The first kappa shape index (κ1) is 14.6. The summed E-state index contributed by atoms with van der Waals surface area (Å²) in [4.78, 5) is 14.8. The molecule has 1 N–H and O–H groups in total. The van der Waals surface area contributed by atoms with Crippen molar-refractivity contribution in [3.8, 4) is 0 Å². The highest BCUT2D eigenvalue weighted by molar-refractivity contribution is 6.04. The molecule has 0 aromatic heterocycles. The van der Waals surface area contributed by atoms with Crippen LogP contribution < -0.4 is 10.2 Å². The molecular weight excluding hydrogens is 272 g/mol. The molecule has 2 aromatic carbocycles.